The number of nitrogens with zero attached hydrogens (tertiary/aromatic N) is 4. The number of carboxylic acids is 1. The second-order valence-corrected chi connectivity index (χ2v) is 8.91. The fraction of sp³-hybridized carbons (Fsp3) is 0.103. The molecular weight excluding hydrogens is 509 g/mol. The molecule has 0 atom stereocenters. The van der Waals surface area contributed by atoms with Crippen LogP contribution in [0.5, 0.6) is 0 Å². The Morgan fingerprint density at radius 2 is 1.72 bits per heavy atom. The van der Waals surface area contributed by atoms with Crippen molar-refractivity contribution in [3.63, 3.8) is 0 Å². The third kappa shape index (κ3) is 4.84. The van der Waals surface area contributed by atoms with E-state index in [2.05, 4.69) is 10.1 Å². The van der Waals surface area contributed by atoms with Gasteiger partial charge in [0.25, 0.3) is 5.56 Å². The van der Waals surface area contributed by atoms with Crippen LogP contribution in [0.2, 0.25) is 0 Å². The average molecular weight is 531 g/mol. The molecule has 0 radical (unpaired) electrons. The predicted octanol–water partition coefficient (Wildman–Crippen LogP) is 6.07. The number of aromatic nitrogens is 3. The molecule has 5 rings (SSSR count). The second kappa shape index (κ2) is 9.71. The summed E-state index contributed by atoms with van der Waals surface area (Å²) in [6.07, 6.45) is -3.13. The molecule has 0 unspecified atom stereocenters. The lowest BCUT2D eigenvalue weighted by Crippen LogP contribution is -2.20. The lowest BCUT2D eigenvalue weighted by atomic mass is 10.1. The molecule has 0 amide bonds. The molecule has 0 bridgehead atoms. The Morgan fingerprint density at radius 3 is 2.46 bits per heavy atom. The third-order valence-corrected chi connectivity index (χ3v) is 6.34. The monoisotopic (exact) mass is 530 g/mol. The molecule has 3 aromatic carbocycles. The first-order chi connectivity index (χ1) is 18.5. The number of benzene rings is 3. The van der Waals surface area contributed by atoms with E-state index in [0.717, 1.165) is 28.2 Å². The molecule has 5 aromatic rings. The van der Waals surface area contributed by atoms with Crippen LogP contribution in [0, 0.1) is 13.8 Å². The van der Waals surface area contributed by atoms with E-state index in [-0.39, 0.29) is 22.3 Å². The minimum Gasteiger partial charge on any atom is -0.478 e. The van der Waals surface area contributed by atoms with Crippen LogP contribution in [-0.2, 0) is 6.18 Å². The molecule has 39 heavy (non-hydrogen) atoms. The van der Waals surface area contributed by atoms with Crippen molar-refractivity contribution in [3.8, 4) is 17.1 Å². The molecule has 10 heteroatoms. The summed E-state index contributed by atoms with van der Waals surface area (Å²) in [7, 11) is 0. The van der Waals surface area contributed by atoms with E-state index >= 15 is 0 Å². The highest BCUT2D eigenvalue weighted by Crippen LogP contribution is 2.32. The van der Waals surface area contributed by atoms with Gasteiger partial charge in [-0.15, -0.1) is 0 Å². The lowest BCUT2D eigenvalue weighted by Gasteiger charge is -2.12. The number of hydrogen-bond donors (Lipinski definition) is 1. The predicted molar refractivity (Wildman–Crippen MR) is 142 cm³/mol. The average Bonchev–Trinajstić information content (AvgIpc) is 3.20. The molecule has 0 saturated carbocycles. The van der Waals surface area contributed by atoms with Gasteiger partial charge in [-0.05, 0) is 62.4 Å². The summed E-state index contributed by atoms with van der Waals surface area (Å²) < 4.78 is 43.1. The number of hydrogen-bond acceptors (Lipinski definition) is 4. The maximum Gasteiger partial charge on any atom is 0.416 e. The minimum atomic E-state index is -4.57. The molecule has 0 saturated heterocycles. The summed E-state index contributed by atoms with van der Waals surface area (Å²) in [6, 6.07) is 19.4. The Kier molecular flexibility index (Phi) is 6.39. The van der Waals surface area contributed by atoms with Gasteiger partial charge < -0.3 is 9.67 Å². The van der Waals surface area contributed by atoms with E-state index in [1.54, 1.807) is 42.5 Å². The SMILES string of the molecule is Cc1cc(C=Nn2c(-c3cccc(C(F)(F)F)c3)nc3ccccc3c2=O)c(C)n1-c1cccc(C(=O)O)c1. The molecule has 196 valence electrons. The molecule has 0 aliphatic rings. The van der Waals surface area contributed by atoms with Gasteiger partial charge in [0.15, 0.2) is 5.82 Å². The van der Waals surface area contributed by atoms with Crippen LogP contribution in [0.15, 0.2) is 88.8 Å². The number of rotatable bonds is 5. The number of carboxylic acid groups (broad SMARTS) is 1. The van der Waals surface area contributed by atoms with Crippen molar-refractivity contribution < 1.29 is 23.1 Å². The number of alkyl halides is 3. The van der Waals surface area contributed by atoms with Crippen LogP contribution in [0.1, 0.15) is 32.9 Å². The fourth-order valence-corrected chi connectivity index (χ4v) is 4.47. The Labute approximate surface area is 220 Å². The number of aromatic carboxylic acids is 1. The number of fused-ring (bicyclic) bond motifs is 1. The van der Waals surface area contributed by atoms with Crippen molar-refractivity contribution in [2.45, 2.75) is 20.0 Å². The van der Waals surface area contributed by atoms with Gasteiger partial charge >= 0.3 is 12.1 Å². The summed E-state index contributed by atoms with van der Waals surface area (Å²) in [5, 5.41) is 14.0. The Bertz CT molecular complexity index is 1830. The van der Waals surface area contributed by atoms with Crippen molar-refractivity contribution in [2.75, 3.05) is 0 Å². The fourth-order valence-electron chi connectivity index (χ4n) is 4.47. The third-order valence-electron chi connectivity index (χ3n) is 6.34. The number of aryl methyl sites for hydroxylation is 1. The van der Waals surface area contributed by atoms with E-state index in [0.29, 0.717) is 16.8 Å². The van der Waals surface area contributed by atoms with Crippen molar-refractivity contribution >= 4 is 23.1 Å². The first kappa shape index (κ1) is 25.7. The van der Waals surface area contributed by atoms with Crippen molar-refractivity contribution in [1.29, 1.82) is 0 Å². The zero-order valence-corrected chi connectivity index (χ0v) is 20.8. The molecule has 2 aromatic heterocycles. The quantitative estimate of drug-likeness (QED) is 0.279. The number of para-hydroxylation sites is 1. The van der Waals surface area contributed by atoms with Gasteiger partial charge in [-0.25, -0.2) is 9.78 Å². The summed E-state index contributed by atoms with van der Waals surface area (Å²) in [6.45, 7) is 3.66. The molecule has 2 heterocycles. The molecule has 0 spiro atoms. The summed E-state index contributed by atoms with van der Waals surface area (Å²) in [5.74, 6) is -1.09. The smallest absolute Gasteiger partial charge is 0.416 e. The van der Waals surface area contributed by atoms with Gasteiger partial charge in [-0.2, -0.15) is 22.9 Å². The summed E-state index contributed by atoms with van der Waals surface area (Å²) in [5.41, 5.74) is 1.92. The minimum absolute atomic E-state index is 0.0379. The first-order valence-corrected chi connectivity index (χ1v) is 11.8. The normalized spacial score (nSPS) is 11.9. The maximum atomic E-state index is 13.4. The van der Waals surface area contributed by atoms with Gasteiger partial charge in [0.1, 0.15) is 0 Å². The summed E-state index contributed by atoms with van der Waals surface area (Å²) >= 11 is 0. The molecule has 1 N–H and O–H groups in total. The zero-order valence-electron chi connectivity index (χ0n) is 20.8. The Balaban J connectivity index is 1.66. The lowest BCUT2D eigenvalue weighted by molar-refractivity contribution is -0.137. The topological polar surface area (TPSA) is 89.5 Å². The highest BCUT2D eigenvalue weighted by molar-refractivity contribution is 5.88. The standard InChI is InChI=1S/C29H21F3N4O3/c1-17-13-21(18(2)35(17)23-10-6-8-20(15-23)28(38)39)16-33-36-26(19-7-5-9-22(14-19)29(30,31)32)34-25-12-4-3-11-24(25)27(36)37/h3-16H,1-2H3,(H,38,39). The Hall–Kier alpha value is -4.99. The van der Waals surface area contributed by atoms with E-state index in [9.17, 15) is 27.9 Å². The van der Waals surface area contributed by atoms with E-state index in [1.807, 2.05) is 24.5 Å². The highest BCUT2D eigenvalue weighted by Gasteiger charge is 2.31. The molecule has 0 fully saturated rings. The summed E-state index contributed by atoms with van der Waals surface area (Å²) in [4.78, 5) is 29.4. The van der Waals surface area contributed by atoms with Gasteiger partial charge in [-0.3, -0.25) is 4.79 Å². The van der Waals surface area contributed by atoms with Crippen LogP contribution >= 0.6 is 0 Å². The van der Waals surface area contributed by atoms with Crippen molar-refractivity contribution in [1.82, 2.24) is 14.2 Å². The van der Waals surface area contributed by atoms with Crippen LogP contribution < -0.4 is 5.56 Å². The van der Waals surface area contributed by atoms with E-state index in [1.165, 1.54) is 24.4 Å². The zero-order chi connectivity index (χ0) is 27.9. The first-order valence-electron chi connectivity index (χ1n) is 11.8. The highest BCUT2D eigenvalue weighted by atomic mass is 19.4. The van der Waals surface area contributed by atoms with Crippen LogP contribution in [0.4, 0.5) is 13.2 Å². The number of carbonyl (C=O) groups is 1. The van der Waals surface area contributed by atoms with Crippen LogP contribution in [0.3, 0.4) is 0 Å². The van der Waals surface area contributed by atoms with E-state index in [4.69, 9.17) is 0 Å². The number of halogens is 3. The van der Waals surface area contributed by atoms with Crippen molar-refractivity contribution in [2.24, 2.45) is 5.10 Å². The van der Waals surface area contributed by atoms with Gasteiger partial charge in [0.05, 0.1) is 28.2 Å². The van der Waals surface area contributed by atoms with Crippen LogP contribution in [-0.4, -0.2) is 31.5 Å². The van der Waals surface area contributed by atoms with E-state index < -0.39 is 23.3 Å². The van der Waals surface area contributed by atoms with Crippen molar-refractivity contribution in [3.05, 3.63) is 117 Å². The largest absolute Gasteiger partial charge is 0.478 e. The van der Waals surface area contributed by atoms with Gasteiger partial charge in [0, 0.05) is 28.2 Å². The van der Waals surface area contributed by atoms with Gasteiger partial charge in [0.2, 0.25) is 0 Å². The van der Waals surface area contributed by atoms with Crippen LogP contribution in [0.25, 0.3) is 28.0 Å². The molecule has 0 aliphatic heterocycles. The maximum absolute atomic E-state index is 13.4. The molecule has 7 nitrogen and oxygen atoms in total. The van der Waals surface area contributed by atoms with Gasteiger partial charge in [-0.1, -0.05) is 30.3 Å². The molecule has 0 aliphatic carbocycles. The molecular formula is C29H21F3N4O3. The Morgan fingerprint density at radius 1 is 0.974 bits per heavy atom. The second-order valence-electron chi connectivity index (χ2n) is 8.91.